The third kappa shape index (κ3) is 4.33. The van der Waals surface area contributed by atoms with Crippen LogP contribution in [0.15, 0.2) is 41.3 Å². The summed E-state index contributed by atoms with van der Waals surface area (Å²) >= 11 is 17.6. The van der Waals surface area contributed by atoms with Gasteiger partial charge in [-0.2, -0.15) is 0 Å². The van der Waals surface area contributed by atoms with Gasteiger partial charge in [-0.15, -0.1) is 0 Å². The van der Waals surface area contributed by atoms with Crippen LogP contribution in [0.25, 0.3) is 0 Å². The summed E-state index contributed by atoms with van der Waals surface area (Å²) in [6.07, 6.45) is 0. The van der Waals surface area contributed by atoms with Crippen LogP contribution in [0.4, 0.5) is 5.69 Å². The molecule has 0 aliphatic rings. The average molecular weight is 408 g/mol. The van der Waals surface area contributed by atoms with Gasteiger partial charge < -0.3 is 4.90 Å². The van der Waals surface area contributed by atoms with Crippen molar-refractivity contribution in [3.8, 4) is 0 Å². The van der Waals surface area contributed by atoms with Crippen LogP contribution in [0.2, 0.25) is 15.1 Å². The van der Waals surface area contributed by atoms with E-state index in [1.807, 2.05) is 0 Å². The number of sulfonamides is 1. The van der Waals surface area contributed by atoms with E-state index < -0.39 is 10.0 Å². The molecule has 9 heteroatoms. The molecule has 1 N–H and O–H groups in total. The van der Waals surface area contributed by atoms with Crippen molar-refractivity contribution in [3.63, 3.8) is 0 Å². The SMILES string of the molecule is CN(C)C(=O)c1ccc(Cl)cc1NS(=O)(=O)c1cc(Cl)cc(Cl)c1. The Bertz CT molecular complexity index is 879. The standard InChI is InChI=1S/C15H13Cl3N2O3S/c1-20(2)15(21)13-4-3-9(16)8-14(13)19-24(22,23)12-6-10(17)5-11(18)7-12/h3-8,19H,1-2H3. The van der Waals surface area contributed by atoms with Crippen LogP contribution in [-0.2, 0) is 10.0 Å². The van der Waals surface area contributed by atoms with Crippen LogP contribution in [-0.4, -0.2) is 33.3 Å². The van der Waals surface area contributed by atoms with E-state index >= 15 is 0 Å². The number of carbonyl (C=O) groups excluding carboxylic acids is 1. The molecular weight excluding hydrogens is 395 g/mol. The fourth-order valence-corrected chi connectivity index (χ4v) is 3.88. The van der Waals surface area contributed by atoms with Crippen molar-refractivity contribution in [3.05, 3.63) is 57.0 Å². The zero-order valence-electron chi connectivity index (χ0n) is 12.7. The van der Waals surface area contributed by atoms with Crippen LogP contribution in [0, 0.1) is 0 Å². The van der Waals surface area contributed by atoms with Crippen LogP contribution >= 0.6 is 34.8 Å². The molecule has 0 saturated heterocycles. The van der Waals surface area contributed by atoms with Gasteiger partial charge in [0.25, 0.3) is 15.9 Å². The quantitative estimate of drug-likeness (QED) is 0.828. The molecule has 0 bridgehead atoms. The first kappa shape index (κ1) is 18.9. The monoisotopic (exact) mass is 406 g/mol. The topological polar surface area (TPSA) is 66.5 Å². The number of hydrogen-bond donors (Lipinski definition) is 1. The van der Waals surface area contributed by atoms with Crippen LogP contribution < -0.4 is 4.72 Å². The highest BCUT2D eigenvalue weighted by molar-refractivity contribution is 7.92. The maximum atomic E-state index is 12.6. The molecule has 0 saturated carbocycles. The molecule has 0 aliphatic heterocycles. The lowest BCUT2D eigenvalue weighted by Gasteiger charge is -2.16. The second-order valence-electron chi connectivity index (χ2n) is 5.10. The Morgan fingerprint density at radius 2 is 1.54 bits per heavy atom. The molecule has 24 heavy (non-hydrogen) atoms. The minimum absolute atomic E-state index is 0.0669. The van der Waals surface area contributed by atoms with Crippen molar-refractivity contribution >= 4 is 56.4 Å². The van der Waals surface area contributed by atoms with Crippen molar-refractivity contribution in [2.45, 2.75) is 4.90 Å². The van der Waals surface area contributed by atoms with Crippen molar-refractivity contribution < 1.29 is 13.2 Å². The van der Waals surface area contributed by atoms with Gasteiger partial charge in [-0.1, -0.05) is 34.8 Å². The van der Waals surface area contributed by atoms with Gasteiger partial charge in [0.15, 0.2) is 0 Å². The fourth-order valence-electron chi connectivity index (χ4n) is 1.92. The normalized spacial score (nSPS) is 11.2. The molecule has 0 fully saturated rings. The highest BCUT2D eigenvalue weighted by Crippen LogP contribution is 2.27. The zero-order chi connectivity index (χ0) is 18.1. The van der Waals surface area contributed by atoms with E-state index in [-0.39, 0.29) is 37.1 Å². The third-order valence-corrected chi connectivity index (χ3v) is 5.03. The molecule has 0 unspecified atom stereocenters. The minimum atomic E-state index is -4.01. The number of rotatable bonds is 4. The van der Waals surface area contributed by atoms with Crippen LogP contribution in [0.5, 0.6) is 0 Å². The van der Waals surface area contributed by atoms with Crippen molar-refractivity contribution in [2.75, 3.05) is 18.8 Å². The lowest BCUT2D eigenvalue weighted by atomic mass is 10.1. The van der Waals surface area contributed by atoms with Gasteiger partial charge in [-0.05, 0) is 36.4 Å². The molecule has 0 atom stereocenters. The number of amides is 1. The second-order valence-corrected chi connectivity index (χ2v) is 8.09. The molecule has 5 nitrogen and oxygen atoms in total. The van der Waals surface area contributed by atoms with Gasteiger partial charge in [0.2, 0.25) is 0 Å². The maximum Gasteiger partial charge on any atom is 0.262 e. The Balaban J connectivity index is 2.50. The molecule has 0 aliphatic carbocycles. The van der Waals surface area contributed by atoms with Gasteiger partial charge >= 0.3 is 0 Å². The first-order valence-electron chi connectivity index (χ1n) is 6.60. The maximum absolute atomic E-state index is 12.6. The summed E-state index contributed by atoms with van der Waals surface area (Å²) < 4.78 is 27.5. The van der Waals surface area contributed by atoms with E-state index in [0.717, 1.165) is 0 Å². The minimum Gasteiger partial charge on any atom is -0.345 e. The van der Waals surface area contributed by atoms with Gasteiger partial charge in [-0.3, -0.25) is 9.52 Å². The smallest absolute Gasteiger partial charge is 0.262 e. The van der Waals surface area contributed by atoms with Gasteiger partial charge in [-0.25, -0.2) is 8.42 Å². The van der Waals surface area contributed by atoms with E-state index in [1.165, 1.54) is 41.3 Å². The summed E-state index contributed by atoms with van der Waals surface area (Å²) in [5.74, 6) is -0.367. The number of carbonyl (C=O) groups is 1. The summed E-state index contributed by atoms with van der Waals surface area (Å²) in [5, 5.41) is 0.643. The Morgan fingerprint density at radius 3 is 2.08 bits per heavy atom. The Hall–Kier alpha value is -1.47. The van der Waals surface area contributed by atoms with E-state index in [2.05, 4.69) is 4.72 Å². The number of hydrogen-bond acceptors (Lipinski definition) is 3. The fraction of sp³-hybridized carbons (Fsp3) is 0.133. The van der Waals surface area contributed by atoms with Crippen molar-refractivity contribution in [1.82, 2.24) is 4.90 Å². The highest BCUT2D eigenvalue weighted by atomic mass is 35.5. The zero-order valence-corrected chi connectivity index (χ0v) is 15.8. The van der Waals surface area contributed by atoms with Gasteiger partial charge in [0, 0.05) is 29.2 Å². The third-order valence-electron chi connectivity index (χ3n) is 3.01. The van der Waals surface area contributed by atoms with Crippen molar-refractivity contribution in [2.24, 2.45) is 0 Å². The van der Waals surface area contributed by atoms with E-state index in [4.69, 9.17) is 34.8 Å². The molecule has 0 heterocycles. The average Bonchev–Trinajstić information content (AvgIpc) is 2.45. The molecule has 2 rings (SSSR count). The number of benzene rings is 2. The number of nitrogens with one attached hydrogen (secondary N) is 1. The summed E-state index contributed by atoms with van der Waals surface area (Å²) in [7, 11) is -0.882. The summed E-state index contributed by atoms with van der Waals surface area (Å²) in [6, 6.07) is 8.26. The molecule has 0 aromatic heterocycles. The van der Waals surface area contributed by atoms with E-state index in [1.54, 1.807) is 14.1 Å². The molecule has 0 spiro atoms. The van der Waals surface area contributed by atoms with E-state index in [0.29, 0.717) is 0 Å². The molecule has 2 aromatic carbocycles. The lowest BCUT2D eigenvalue weighted by Crippen LogP contribution is -2.24. The second kappa shape index (κ2) is 7.19. The summed E-state index contributed by atoms with van der Waals surface area (Å²) in [4.78, 5) is 13.4. The van der Waals surface area contributed by atoms with E-state index in [9.17, 15) is 13.2 Å². The van der Waals surface area contributed by atoms with Crippen LogP contribution in [0.1, 0.15) is 10.4 Å². The lowest BCUT2D eigenvalue weighted by molar-refractivity contribution is 0.0828. The predicted molar refractivity (Wildman–Crippen MR) is 96.7 cm³/mol. The summed E-state index contributed by atoms with van der Waals surface area (Å²) in [5.41, 5.74) is 0.235. The Kier molecular flexibility index (Phi) is 5.65. The molecule has 128 valence electrons. The van der Waals surface area contributed by atoms with Gasteiger partial charge in [0.05, 0.1) is 16.1 Å². The highest BCUT2D eigenvalue weighted by Gasteiger charge is 2.21. The summed E-state index contributed by atoms with van der Waals surface area (Å²) in [6.45, 7) is 0. The Morgan fingerprint density at radius 1 is 0.958 bits per heavy atom. The molecule has 2 aromatic rings. The van der Waals surface area contributed by atoms with Crippen LogP contribution in [0.3, 0.4) is 0 Å². The first-order valence-corrected chi connectivity index (χ1v) is 9.22. The largest absolute Gasteiger partial charge is 0.345 e. The molecule has 1 amide bonds. The number of anilines is 1. The van der Waals surface area contributed by atoms with Crippen molar-refractivity contribution in [1.29, 1.82) is 0 Å². The number of halogens is 3. The Labute approximate surface area is 155 Å². The molecule has 0 radical (unpaired) electrons. The first-order chi connectivity index (χ1) is 11.1. The van der Waals surface area contributed by atoms with Gasteiger partial charge in [0.1, 0.15) is 0 Å². The number of nitrogens with zero attached hydrogens (tertiary/aromatic N) is 1. The predicted octanol–water partition coefficient (Wildman–Crippen LogP) is 4.15. The molecular formula is C15H13Cl3N2O3S.